The van der Waals surface area contributed by atoms with Gasteiger partial charge in [-0.05, 0) is 54.6 Å². The molecule has 120 valence electrons. The molecule has 0 saturated heterocycles. The van der Waals surface area contributed by atoms with Crippen molar-refractivity contribution in [2.24, 2.45) is 0 Å². The van der Waals surface area contributed by atoms with Crippen LogP contribution >= 0.6 is 22.9 Å². The van der Waals surface area contributed by atoms with E-state index in [0.29, 0.717) is 10.6 Å². The van der Waals surface area contributed by atoms with E-state index in [9.17, 15) is 5.11 Å². The third-order valence-corrected chi connectivity index (χ3v) is 5.04. The van der Waals surface area contributed by atoms with Crippen molar-refractivity contribution in [2.75, 3.05) is 0 Å². The average Bonchev–Trinajstić information content (AvgIpc) is 3.06. The van der Waals surface area contributed by atoms with Crippen LogP contribution in [0.1, 0.15) is 11.1 Å². The molecule has 0 bridgehead atoms. The molecule has 0 saturated carbocycles. The van der Waals surface area contributed by atoms with Crippen LogP contribution in [0.15, 0.2) is 66.7 Å². The molecule has 2 nitrogen and oxygen atoms in total. The molecule has 4 rings (SSSR count). The van der Waals surface area contributed by atoms with E-state index in [0.717, 1.165) is 26.4 Å². The normalized spacial score (nSPS) is 10.4. The summed E-state index contributed by atoms with van der Waals surface area (Å²) >= 11 is 7.44. The number of aromatic nitrogens is 1. The number of phenolic OH excluding ortho intramolecular Hbond substituents is 1. The lowest BCUT2D eigenvalue weighted by Gasteiger charge is -2.01. The summed E-state index contributed by atoms with van der Waals surface area (Å²) < 4.78 is 1.09. The van der Waals surface area contributed by atoms with Crippen molar-refractivity contribution in [3.63, 3.8) is 0 Å². The van der Waals surface area contributed by atoms with Crippen LogP contribution in [0.5, 0.6) is 5.75 Å². The second-order valence-electron chi connectivity index (χ2n) is 5.48. The smallest absolute Gasteiger partial charge is 0.128 e. The topological polar surface area (TPSA) is 33.1 Å². The van der Waals surface area contributed by atoms with Gasteiger partial charge in [-0.1, -0.05) is 35.6 Å². The van der Waals surface area contributed by atoms with Crippen molar-refractivity contribution in [2.45, 2.75) is 0 Å². The first-order chi connectivity index (χ1) is 12.2. The number of aromatic hydroxyl groups is 1. The molecule has 0 aliphatic rings. The summed E-state index contributed by atoms with van der Waals surface area (Å²) in [5.74, 6) is 6.43. The summed E-state index contributed by atoms with van der Waals surface area (Å²) in [6.07, 6.45) is 0. The van der Waals surface area contributed by atoms with Crippen LogP contribution in [-0.4, -0.2) is 10.1 Å². The van der Waals surface area contributed by atoms with Crippen LogP contribution in [-0.2, 0) is 0 Å². The number of fused-ring (bicyclic) bond motifs is 1. The van der Waals surface area contributed by atoms with Gasteiger partial charge in [0.1, 0.15) is 10.8 Å². The molecule has 1 N–H and O–H groups in total. The lowest BCUT2D eigenvalue weighted by Crippen LogP contribution is -1.82. The highest BCUT2D eigenvalue weighted by Crippen LogP contribution is 2.35. The van der Waals surface area contributed by atoms with Gasteiger partial charge in [0.25, 0.3) is 0 Å². The average molecular weight is 362 g/mol. The molecular formula is C21H12ClNOS. The molecule has 0 fully saturated rings. The molecule has 0 atom stereocenters. The number of hydrogen-bond acceptors (Lipinski definition) is 3. The highest BCUT2D eigenvalue weighted by molar-refractivity contribution is 7.21. The summed E-state index contributed by atoms with van der Waals surface area (Å²) in [4.78, 5) is 4.61. The Morgan fingerprint density at radius 2 is 1.60 bits per heavy atom. The molecule has 1 heterocycles. The van der Waals surface area contributed by atoms with E-state index >= 15 is 0 Å². The predicted molar refractivity (Wildman–Crippen MR) is 104 cm³/mol. The van der Waals surface area contributed by atoms with Crippen molar-refractivity contribution in [1.82, 2.24) is 4.98 Å². The first-order valence-electron chi connectivity index (χ1n) is 7.65. The number of phenols is 1. The first-order valence-corrected chi connectivity index (χ1v) is 8.85. The Morgan fingerprint density at radius 3 is 2.40 bits per heavy atom. The standard InChI is InChI=1S/C21H12ClNOS/c22-16-10-7-14(8-11-16)5-6-15-9-12-19(24)17(13-15)21-23-18-3-1-2-4-20(18)25-21/h1-4,7-13,24H. The molecule has 0 aliphatic heterocycles. The Hall–Kier alpha value is -2.80. The highest BCUT2D eigenvalue weighted by atomic mass is 35.5. The third-order valence-electron chi connectivity index (χ3n) is 3.72. The Morgan fingerprint density at radius 1 is 0.880 bits per heavy atom. The van der Waals surface area contributed by atoms with Gasteiger partial charge in [-0.3, -0.25) is 0 Å². The van der Waals surface area contributed by atoms with E-state index in [-0.39, 0.29) is 5.75 Å². The van der Waals surface area contributed by atoms with Gasteiger partial charge < -0.3 is 5.11 Å². The second-order valence-corrected chi connectivity index (χ2v) is 6.94. The lowest BCUT2D eigenvalue weighted by atomic mass is 10.1. The van der Waals surface area contributed by atoms with E-state index in [4.69, 9.17) is 11.6 Å². The zero-order chi connectivity index (χ0) is 17.2. The van der Waals surface area contributed by atoms with E-state index in [2.05, 4.69) is 16.8 Å². The molecule has 1 aromatic heterocycles. The molecule has 4 heteroatoms. The van der Waals surface area contributed by atoms with Crippen molar-refractivity contribution in [3.8, 4) is 28.2 Å². The lowest BCUT2D eigenvalue weighted by molar-refractivity contribution is 0.477. The predicted octanol–water partition coefficient (Wildman–Crippen LogP) is 5.72. The van der Waals surface area contributed by atoms with Gasteiger partial charge in [-0.2, -0.15) is 0 Å². The van der Waals surface area contributed by atoms with Gasteiger partial charge in [0, 0.05) is 16.1 Å². The number of hydrogen-bond donors (Lipinski definition) is 1. The number of halogens is 1. The highest BCUT2D eigenvalue weighted by Gasteiger charge is 2.10. The molecule has 0 amide bonds. The number of benzene rings is 3. The van der Waals surface area contributed by atoms with Crippen molar-refractivity contribution in [3.05, 3.63) is 82.9 Å². The number of rotatable bonds is 1. The second kappa shape index (κ2) is 6.60. The monoisotopic (exact) mass is 361 g/mol. The fourth-order valence-corrected chi connectivity index (χ4v) is 3.57. The molecule has 0 radical (unpaired) electrons. The number of para-hydroxylation sites is 1. The third kappa shape index (κ3) is 3.36. The number of nitrogens with zero attached hydrogens (tertiary/aromatic N) is 1. The summed E-state index contributed by atoms with van der Waals surface area (Å²) in [5.41, 5.74) is 3.34. The fraction of sp³-hybridized carbons (Fsp3) is 0. The summed E-state index contributed by atoms with van der Waals surface area (Å²) in [7, 11) is 0. The minimum atomic E-state index is 0.205. The van der Waals surface area contributed by atoms with Crippen LogP contribution in [0.25, 0.3) is 20.8 Å². The molecule has 0 aliphatic carbocycles. The van der Waals surface area contributed by atoms with Gasteiger partial charge in [-0.25, -0.2) is 4.98 Å². The zero-order valence-corrected chi connectivity index (χ0v) is 14.6. The molecular weight excluding hydrogens is 350 g/mol. The van der Waals surface area contributed by atoms with Crippen LogP contribution in [0.2, 0.25) is 5.02 Å². The molecule has 3 aromatic carbocycles. The molecule has 0 spiro atoms. The van der Waals surface area contributed by atoms with Gasteiger partial charge in [-0.15, -0.1) is 11.3 Å². The number of thiazole rings is 1. The van der Waals surface area contributed by atoms with Gasteiger partial charge in [0.05, 0.1) is 15.8 Å². The Labute approximate surface area is 154 Å². The van der Waals surface area contributed by atoms with Crippen molar-refractivity contribution >= 4 is 33.2 Å². The maximum absolute atomic E-state index is 10.2. The summed E-state index contributed by atoms with van der Waals surface area (Å²) in [6.45, 7) is 0. The van der Waals surface area contributed by atoms with Crippen LogP contribution in [0.3, 0.4) is 0 Å². The maximum atomic E-state index is 10.2. The molecule has 25 heavy (non-hydrogen) atoms. The minimum Gasteiger partial charge on any atom is -0.507 e. The fourth-order valence-electron chi connectivity index (χ4n) is 2.45. The van der Waals surface area contributed by atoms with Gasteiger partial charge in [0.2, 0.25) is 0 Å². The van der Waals surface area contributed by atoms with Gasteiger partial charge >= 0.3 is 0 Å². The van der Waals surface area contributed by atoms with Crippen molar-refractivity contribution < 1.29 is 5.11 Å². The Kier molecular flexibility index (Phi) is 4.15. The molecule has 4 aromatic rings. The van der Waals surface area contributed by atoms with E-state index < -0.39 is 0 Å². The van der Waals surface area contributed by atoms with E-state index in [1.54, 1.807) is 23.5 Å². The van der Waals surface area contributed by atoms with E-state index in [1.807, 2.05) is 54.6 Å². The van der Waals surface area contributed by atoms with Gasteiger partial charge in [0.15, 0.2) is 0 Å². The zero-order valence-electron chi connectivity index (χ0n) is 13.0. The van der Waals surface area contributed by atoms with Crippen LogP contribution in [0.4, 0.5) is 0 Å². The minimum absolute atomic E-state index is 0.205. The van der Waals surface area contributed by atoms with E-state index in [1.165, 1.54) is 0 Å². The maximum Gasteiger partial charge on any atom is 0.128 e. The Bertz CT molecular complexity index is 1090. The molecule has 0 unspecified atom stereocenters. The van der Waals surface area contributed by atoms with Crippen LogP contribution in [0, 0.1) is 11.8 Å². The van der Waals surface area contributed by atoms with Crippen molar-refractivity contribution in [1.29, 1.82) is 0 Å². The SMILES string of the molecule is Oc1ccc(C#Cc2ccc(Cl)cc2)cc1-c1nc2ccccc2s1. The summed E-state index contributed by atoms with van der Waals surface area (Å²) in [5, 5.41) is 11.7. The largest absolute Gasteiger partial charge is 0.507 e. The first kappa shape index (κ1) is 15.7. The van der Waals surface area contributed by atoms with Crippen LogP contribution < -0.4 is 0 Å². The summed E-state index contributed by atoms with van der Waals surface area (Å²) in [6, 6.07) is 20.7. The quantitative estimate of drug-likeness (QED) is 0.440. The Balaban J connectivity index is 1.72.